The molecule has 0 fully saturated rings. The van der Waals surface area contributed by atoms with Gasteiger partial charge in [0.1, 0.15) is 12.1 Å². The lowest BCUT2D eigenvalue weighted by atomic mass is 10.2. The van der Waals surface area contributed by atoms with Crippen molar-refractivity contribution in [3.63, 3.8) is 0 Å². The highest BCUT2D eigenvalue weighted by Crippen LogP contribution is 2.07. The molecule has 106 valence electrons. The van der Waals surface area contributed by atoms with Crippen LogP contribution in [0.1, 0.15) is 44.2 Å². The van der Waals surface area contributed by atoms with Crippen molar-refractivity contribution in [2.75, 3.05) is 6.61 Å². The summed E-state index contributed by atoms with van der Waals surface area (Å²) in [5.41, 5.74) is -0.588. The lowest BCUT2D eigenvalue weighted by Crippen LogP contribution is -2.32. The van der Waals surface area contributed by atoms with E-state index in [0.717, 1.165) is 0 Å². The van der Waals surface area contributed by atoms with Crippen molar-refractivity contribution in [3.05, 3.63) is 11.7 Å². The number of aromatic nitrogens is 2. The maximum absolute atomic E-state index is 11.4. The van der Waals surface area contributed by atoms with Crippen molar-refractivity contribution < 1.29 is 23.6 Å². The van der Waals surface area contributed by atoms with Crippen LogP contribution in [0.4, 0.5) is 4.79 Å². The van der Waals surface area contributed by atoms with E-state index in [1.807, 2.05) is 0 Å². The van der Waals surface area contributed by atoms with Gasteiger partial charge < -0.3 is 19.3 Å². The van der Waals surface area contributed by atoms with Crippen LogP contribution in [0.5, 0.6) is 0 Å². The van der Waals surface area contributed by atoms with Gasteiger partial charge in [0.2, 0.25) is 5.89 Å². The van der Waals surface area contributed by atoms with E-state index < -0.39 is 17.7 Å². The Morgan fingerprint density at radius 2 is 2.05 bits per heavy atom. The molecule has 8 nitrogen and oxygen atoms in total. The second-order valence-corrected chi connectivity index (χ2v) is 4.59. The third-order valence-corrected chi connectivity index (χ3v) is 1.71. The number of amides is 1. The van der Waals surface area contributed by atoms with E-state index in [1.165, 1.54) is 0 Å². The van der Waals surface area contributed by atoms with Gasteiger partial charge in [-0.2, -0.15) is 4.98 Å². The minimum atomic E-state index is -0.672. The molecule has 0 saturated heterocycles. The predicted molar refractivity (Wildman–Crippen MR) is 63.3 cm³/mol. The summed E-state index contributed by atoms with van der Waals surface area (Å²) in [4.78, 5) is 26.4. The van der Waals surface area contributed by atoms with Gasteiger partial charge in [0.25, 0.3) is 5.82 Å². The summed E-state index contributed by atoms with van der Waals surface area (Å²) in [5.74, 6) is -0.758. The second-order valence-electron chi connectivity index (χ2n) is 4.59. The van der Waals surface area contributed by atoms with E-state index in [1.54, 1.807) is 27.7 Å². The van der Waals surface area contributed by atoms with Crippen LogP contribution in [0.15, 0.2) is 4.52 Å². The summed E-state index contributed by atoms with van der Waals surface area (Å²) in [7, 11) is 0. The van der Waals surface area contributed by atoms with Gasteiger partial charge in [-0.05, 0) is 32.9 Å². The van der Waals surface area contributed by atoms with E-state index >= 15 is 0 Å². The van der Waals surface area contributed by atoms with Gasteiger partial charge >= 0.3 is 12.1 Å². The maximum atomic E-state index is 11.4. The Balaban J connectivity index is 2.46. The Morgan fingerprint density at radius 3 is 2.63 bits per heavy atom. The fourth-order valence-electron chi connectivity index (χ4n) is 1.07. The average molecular weight is 271 g/mol. The molecule has 0 aromatic carbocycles. The monoisotopic (exact) mass is 271 g/mol. The molecule has 0 bridgehead atoms. The van der Waals surface area contributed by atoms with Crippen LogP contribution in [0.25, 0.3) is 0 Å². The summed E-state index contributed by atoms with van der Waals surface area (Å²) in [6.45, 7) is 7.11. The number of carbonyl (C=O) groups excluding carboxylic acids is 2. The highest BCUT2D eigenvalue weighted by atomic mass is 16.6. The van der Waals surface area contributed by atoms with E-state index in [2.05, 4.69) is 15.5 Å². The Hall–Kier alpha value is -2.12. The van der Waals surface area contributed by atoms with Crippen molar-refractivity contribution in [3.8, 4) is 0 Å². The Morgan fingerprint density at radius 1 is 1.37 bits per heavy atom. The number of alkyl carbamates (subject to hydrolysis) is 1. The third-order valence-electron chi connectivity index (χ3n) is 1.71. The largest absolute Gasteiger partial charge is 0.460 e. The molecule has 0 radical (unpaired) electrons. The van der Waals surface area contributed by atoms with Crippen molar-refractivity contribution >= 4 is 12.1 Å². The van der Waals surface area contributed by atoms with Gasteiger partial charge in [0.05, 0.1) is 6.61 Å². The number of carbonyl (C=O) groups is 2. The molecule has 0 saturated carbocycles. The third kappa shape index (κ3) is 5.36. The van der Waals surface area contributed by atoms with E-state index in [4.69, 9.17) is 14.0 Å². The molecule has 0 aliphatic rings. The first-order valence-corrected chi connectivity index (χ1v) is 5.78. The van der Waals surface area contributed by atoms with E-state index in [9.17, 15) is 9.59 Å². The van der Waals surface area contributed by atoms with Crippen molar-refractivity contribution in [2.45, 2.75) is 39.8 Å². The average Bonchev–Trinajstić information content (AvgIpc) is 2.73. The van der Waals surface area contributed by atoms with Gasteiger partial charge in [0.15, 0.2) is 0 Å². The summed E-state index contributed by atoms with van der Waals surface area (Å²) in [6, 6.07) is 0. The van der Waals surface area contributed by atoms with E-state index in [-0.39, 0.29) is 24.9 Å². The zero-order valence-corrected chi connectivity index (χ0v) is 11.3. The van der Waals surface area contributed by atoms with Crippen LogP contribution >= 0.6 is 0 Å². The quantitative estimate of drug-likeness (QED) is 0.822. The highest BCUT2D eigenvalue weighted by molar-refractivity contribution is 5.84. The van der Waals surface area contributed by atoms with Crippen molar-refractivity contribution in [2.24, 2.45) is 0 Å². The molecule has 1 aromatic rings. The molecule has 1 N–H and O–H groups in total. The number of esters is 1. The molecule has 1 heterocycles. The highest BCUT2D eigenvalue weighted by Gasteiger charge is 2.18. The minimum Gasteiger partial charge on any atom is -0.460 e. The number of hydrogen-bond acceptors (Lipinski definition) is 7. The fraction of sp³-hybridized carbons (Fsp3) is 0.636. The topological polar surface area (TPSA) is 104 Å². The molecular weight excluding hydrogens is 254 g/mol. The molecule has 0 atom stereocenters. The molecule has 1 rings (SSSR count). The second kappa shape index (κ2) is 6.17. The first-order chi connectivity index (χ1) is 8.81. The van der Waals surface area contributed by atoms with Crippen LogP contribution in [-0.2, 0) is 16.0 Å². The van der Waals surface area contributed by atoms with Gasteiger partial charge in [0, 0.05) is 0 Å². The number of ether oxygens (including phenoxy) is 2. The van der Waals surface area contributed by atoms with Crippen molar-refractivity contribution in [1.29, 1.82) is 0 Å². The molecule has 0 aliphatic heterocycles. The Kier molecular flexibility index (Phi) is 4.85. The summed E-state index contributed by atoms with van der Waals surface area (Å²) < 4.78 is 14.5. The first-order valence-electron chi connectivity index (χ1n) is 5.78. The first kappa shape index (κ1) is 14.9. The Bertz CT molecular complexity index is 449. The summed E-state index contributed by atoms with van der Waals surface area (Å²) >= 11 is 0. The zero-order chi connectivity index (χ0) is 14.5. The molecule has 1 amide bonds. The molecule has 19 heavy (non-hydrogen) atoms. The normalized spacial score (nSPS) is 10.9. The lowest BCUT2D eigenvalue weighted by Gasteiger charge is -2.19. The fourth-order valence-corrected chi connectivity index (χ4v) is 1.07. The maximum Gasteiger partial charge on any atom is 0.408 e. The van der Waals surface area contributed by atoms with Crippen LogP contribution in [-0.4, -0.2) is 34.4 Å². The van der Waals surface area contributed by atoms with Crippen LogP contribution in [0, 0.1) is 0 Å². The van der Waals surface area contributed by atoms with Gasteiger partial charge in [-0.15, -0.1) is 0 Å². The van der Waals surface area contributed by atoms with Gasteiger partial charge in [-0.1, -0.05) is 0 Å². The van der Waals surface area contributed by atoms with E-state index in [0.29, 0.717) is 0 Å². The van der Waals surface area contributed by atoms with Crippen molar-refractivity contribution in [1.82, 2.24) is 15.5 Å². The number of rotatable bonds is 4. The molecule has 0 spiro atoms. The number of hydrogen-bond donors (Lipinski definition) is 1. The van der Waals surface area contributed by atoms with Gasteiger partial charge in [-0.3, -0.25) is 0 Å². The zero-order valence-electron chi connectivity index (χ0n) is 11.3. The molecule has 0 unspecified atom stereocenters. The molecular formula is C11H17N3O5. The Labute approximate surface area is 110 Å². The standard InChI is InChI=1S/C11H17N3O5/c1-5-17-9(15)8-13-7(19-14-8)6-12-10(16)18-11(2,3)4/h5-6H2,1-4H3,(H,12,16). The lowest BCUT2D eigenvalue weighted by molar-refractivity contribution is 0.0501. The molecule has 0 aliphatic carbocycles. The van der Waals surface area contributed by atoms with Crippen LogP contribution in [0.3, 0.4) is 0 Å². The number of nitrogens with zero attached hydrogens (tertiary/aromatic N) is 2. The van der Waals surface area contributed by atoms with Crippen LogP contribution < -0.4 is 5.32 Å². The molecule has 1 aromatic heterocycles. The van der Waals surface area contributed by atoms with Gasteiger partial charge in [-0.25, -0.2) is 9.59 Å². The number of nitrogens with one attached hydrogen (secondary N) is 1. The SMILES string of the molecule is CCOC(=O)c1noc(CNC(=O)OC(C)(C)C)n1. The predicted octanol–water partition coefficient (Wildman–Crippen LogP) is 1.27. The minimum absolute atomic E-state index is 0.0265. The summed E-state index contributed by atoms with van der Waals surface area (Å²) in [5, 5.41) is 5.86. The van der Waals surface area contributed by atoms with Crippen LogP contribution in [0.2, 0.25) is 0 Å². The molecule has 8 heteroatoms. The smallest absolute Gasteiger partial charge is 0.408 e. The summed E-state index contributed by atoms with van der Waals surface area (Å²) in [6.07, 6.45) is -0.608.